The smallest absolute Gasteiger partial charge is 0.275 e. The number of carbonyl (C=O) groups excluding carboxylic acids is 1. The van der Waals surface area contributed by atoms with Crippen LogP contribution in [0.25, 0.3) is 5.69 Å². The fraction of sp³-hybridized carbons (Fsp3) is 0.522. The lowest BCUT2D eigenvalue weighted by atomic mass is 9.98. The van der Waals surface area contributed by atoms with E-state index in [2.05, 4.69) is 11.1 Å². The molecule has 2 aromatic rings. The quantitative estimate of drug-likeness (QED) is 0.750. The van der Waals surface area contributed by atoms with Crippen molar-refractivity contribution in [2.45, 2.75) is 52.2 Å². The number of amides is 1. The molecule has 1 fully saturated rings. The summed E-state index contributed by atoms with van der Waals surface area (Å²) in [6, 6.07) is 6.00. The summed E-state index contributed by atoms with van der Waals surface area (Å²) < 4.78 is 18.8. The van der Waals surface area contributed by atoms with Gasteiger partial charge in [0.2, 0.25) is 5.82 Å². The summed E-state index contributed by atoms with van der Waals surface area (Å²) in [6.45, 7) is 9.32. The molecule has 2 aliphatic heterocycles. The number of ether oxygens (including phenoxy) is 3. The number of aromatic nitrogens is 2. The molecule has 164 valence electrons. The molecule has 0 saturated carbocycles. The highest BCUT2D eigenvalue weighted by Gasteiger charge is 2.38. The van der Waals surface area contributed by atoms with Crippen molar-refractivity contribution >= 4 is 5.91 Å². The first kappa shape index (κ1) is 21.2. The van der Waals surface area contributed by atoms with Gasteiger partial charge in [-0.05, 0) is 52.2 Å². The van der Waals surface area contributed by atoms with Gasteiger partial charge in [-0.1, -0.05) is 0 Å². The molecule has 0 unspecified atom stereocenters. The molecule has 31 heavy (non-hydrogen) atoms. The van der Waals surface area contributed by atoms with E-state index in [-0.39, 0.29) is 17.8 Å². The molecule has 0 bridgehead atoms. The van der Waals surface area contributed by atoms with Crippen LogP contribution < -0.4 is 9.47 Å². The van der Waals surface area contributed by atoms with E-state index < -0.39 is 5.54 Å². The Balaban J connectivity index is 1.83. The third-order valence-corrected chi connectivity index (χ3v) is 5.77. The number of hydrogen-bond acceptors (Lipinski definition) is 6. The molecule has 8 heteroatoms. The summed E-state index contributed by atoms with van der Waals surface area (Å²) in [4.78, 5) is 19.8. The topological polar surface area (TPSA) is 89.6 Å². The maximum Gasteiger partial charge on any atom is 0.275 e. The minimum atomic E-state index is -0.434. The van der Waals surface area contributed by atoms with Gasteiger partial charge in [0.1, 0.15) is 6.07 Å². The molecule has 2 aliphatic rings. The van der Waals surface area contributed by atoms with Crippen LogP contribution in [0.1, 0.15) is 55.3 Å². The molecular formula is C23H28N4O4. The molecule has 8 nitrogen and oxygen atoms in total. The first-order valence-corrected chi connectivity index (χ1v) is 10.6. The zero-order valence-corrected chi connectivity index (χ0v) is 18.7. The average molecular weight is 425 g/mol. The van der Waals surface area contributed by atoms with E-state index in [0.717, 1.165) is 23.4 Å². The van der Waals surface area contributed by atoms with Gasteiger partial charge in [-0.15, -0.1) is 0 Å². The maximum absolute atomic E-state index is 13.5. The number of nitriles is 1. The summed E-state index contributed by atoms with van der Waals surface area (Å²) in [6.07, 6.45) is 1.30. The van der Waals surface area contributed by atoms with Gasteiger partial charge in [0, 0.05) is 12.6 Å². The maximum atomic E-state index is 13.5. The minimum Gasteiger partial charge on any atom is -0.493 e. The Labute approximate surface area is 182 Å². The Hall–Kier alpha value is -3.05. The van der Waals surface area contributed by atoms with E-state index in [1.807, 2.05) is 39.8 Å². The van der Waals surface area contributed by atoms with Crippen LogP contribution in [-0.4, -0.2) is 58.9 Å². The van der Waals surface area contributed by atoms with Crippen LogP contribution in [0.4, 0.5) is 0 Å². The van der Waals surface area contributed by atoms with Crippen LogP contribution in [0.2, 0.25) is 0 Å². The molecule has 0 atom stereocenters. The van der Waals surface area contributed by atoms with Crippen molar-refractivity contribution < 1.29 is 19.0 Å². The largest absolute Gasteiger partial charge is 0.493 e. The highest BCUT2D eigenvalue weighted by atomic mass is 16.5. The van der Waals surface area contributed by atoms with Gasteiger partial charge in [0.25, 0.3) is 5.91 Å². The lowest BCUT2D eigenvalue weighted by Crippen LogP contribution is -2.55. The molecular weight excluding hydrogens is 396 g/mol. The number of methoxy groups -OCH3 is 1. The Bertz CT molecular complexity index is 1060. The Morgan fingerprint density at radius 1 is 1.29 bits per heavy atom. The van der Waals surface area contributed by atoms with Crippen molar-refractivity contribution in [3.8, 4) is 23.3 Å². The number of fused-ring (bicyclic) bond motifs is 3. The zero-order chi connectivity index (χ0) is 22.3. The molecule has 3 heterocycles. The Kier molecular flexibility index (Phi) is 5.40. The predicted molar refractivity (Wildman–Crippen MR) is 114 cm³/mol. The molecule has 1 aromatic heterocycles. The van der Waals surface area contributed by atoms with E-state index in [1.54, 1.807) is 16.6 Å². The zero-order valence-electron chi connectivity index (χ0n) is 18.7. The second kappa shape index (κ2) is 7.89. The van der Waals surface area contributed by atoms with E-state index in [0.29, 0.717) is 43.4 Å². The van der Waals surface area contributed by atoms with Crippen LogP contribution in [0, 0.1) is 11.3 Å². The molecule has 1 saturated heterocycles. The van der Waals surface area contributed by atoms with Gasteiger partial charge in [-0.3, -0.25) is 9.36 Å². The summed E-state index contributed by atoms with van der Waals surface area (Å²) in [7, 11) is 1.61. The average Bonchev–Trinajstić information content (AvgIpc) is 3.11. The van der Waals surface area contributed by atoms with Gasteiger partial charge in [0.15, 0.2) is 17.2 Å². The van der Waals surface area contributed by atoms with Crippen LogP contribution >= 0.6 is 0 Å². The third-order valence-electron chi connectivity index (χ3n) is 5.77. The van der Waals surface area contributed by atoms with E-state index in [1.165, 1.54) is 0 Å². The standard InChI is InChI=1S/C23H28N4O4/c1-14(2)31-19-11-17-15(10-18(19)29-5)6-7-16-21(25-20(12-24)27(16)17)22(28)26-8-9-30-13-23(26,3)4/h10-11,14H,6-9,13H2,1-5H3. The van der Waals surface area contributed by atoms with Gasteiger partial charge in [-0.25, -0.2) is 4.98 Å². The van der Waals surface area contributed by atoms with Crippen molar-refractivity contribution in [3.63, 3.8) is 0 Å². The number of benzene rings is 1. The molecule has 1 aromatic carbocycles. The fourth-order valence-electron chi connectivity index (χ4n) is 4.31. The predicted octanol–water partition coefficient (Wildman–Crippen LogP) is 2.89. The summed E-state index contributed by atoms with van der Waals surface area (Å²) >= 11 is 0. The molecule has 0 N–H and O–H groups in total. The fourth-order valence-corrected chi connectivity index (χ4v) is 4.31. The van der Waals surface area contributed by atoms with E-state index in [9.17, 15) is 10.1 Å². The lowest BCUT2D eigenvalue weighted by Gasteiger charge is -2.41. The summed E-state index contributed by atoms with van der Waals surface area (Å²) in [5.41, 5.74) is 2.51. The van der Waals surface area contributed by atoms with Crippen LogP contribution in [-0.2, 0) is 17.6 Å². The molecule has 4 rings (SSSR count). The van der Waals surface area contributed by atoms with Crippen molar-refractivity contribution in [3.05, 3.63) is 34.9 Å². The normalized spacial score (nSPS) is 17.0. The second-order valence-electron chi connectivity index (χ2n) is 8.80. The Morgan fingerprint density at radius 3 is 2.71 bits per heavy atom. The lowest BCUT2D eigenvalue weighted by molar-refractivity contribution is -0.0373. The number of nitrogens with zero attached hydrogens (tertiary/aromatic N) is 4. The second-order valence-corrected chi connectivity index (χ2v) is 8.80. The molecule has 1 amide bonds. The van der Waals surface area contributed by atoms with Crippen molar-refractivity contribution in [2.75, 3.05) is 26.9 Å². The first-order valence-electron chi connectivity index (χ1n) is 10.6. The minimum absolute atomic E-state index is 0.0334. The number of carbonyl (C=O) groups is 1. The SMILES string of the molecule is COc1cc2c(cc1OC(C)C)-n1c(C#N)nc(C(=O)N3CCOCC3(C)C)c1CC2. The van der Waals surface area contributed by atoms with Gasteiger partial charge in [-0.2, -0.15) is 5.26 Å². The van der Waals surface area contributed by atoms with Crippen LogP contribution in [0.15, 0.2) is 12.1 Å². The number of morpholine rings is 1. The summed E-state index contributed by atoms with van der Waals surface area (Å²) in [5, 5.41) is 9.81. The van der Waals surface area contributed by atoms with Crippen molar-refractivity contribution in [1.82, 2.24) is 14.5 Å². The van der Waals surface area contributed by atoms with Gasteiger partial charge >= 0.3 is 0 Å². The van der Waals surface area contributed by atoms with E-state index in [4.69, 9.17) is 14.2 Å². The molecule has 0 spiro atoms. The number of rotatable bonds is 4. The highest BCUT2D eigenvalue weighted by molar-refractivity contribution is 5.94. The highest BCUT2D eigenvalue weighted by Crippen LogP contribution is 2.38. The van der Waals surface area contributed by atoms with Crippen LogP contribution in [0.5, 0.6) is 11.5 Å². The third kappa shape index (κ3) is 3.63. The first-order chi connectivity index (χ1) is 14.8. The summed E-state index contributed by atoms with van der Waals surface area (Å²) in [5.74, 6) is 1.30. The van der Waals surface area contributed by atoms with Gasteiger partial charge < -0.3 is 19.1 Å². The molecule has 0 aliphatic carbocycles. The number of hydrogen-bond donors (Lipinski definition) is 0. The Morgan fingerprint density at radius 2 is 2.06 bits per heavy atom. The monoisotopic (exact) mass is 424 g/mol. The van der Waals surface area contributed by atoms with Crippen molar-refractivity contribution in [2.24, 2.45) is 0 Å². The number of imidazole rings is 1. The van der Waals surface area contributed by atoms with Crippen molar-refractivity contribution in [1.29, 1.82) is 5.26 Å². The number of aryl methyl sites for hydroxylation is 1. The van der Waals surface area contributed by atoms with Gasteiger partial charge in [0.05, 0.1) is 43.3 Å². The van der Waals surface area contributed by atoms with Crippen LogP contribution in [0.3, 0.4) is 0 Å². The van der Waals surface area contributed by atoms with E-state index >= 15 is 0 Å². The molecule has 0 radical (unpaired) electrons.